The first-order valence-corrected chi connectivity index (χ1v) is 1.78. The van der Waals surface area contributed by atoms with E-state index < -0.39 is 0 Å². The summed E-state index contributed by atoms with van der Waals surface area (Å²) in [5, 5.41) is 0. The van der Waals surface area contributed by atoms with Crippen molar-refractivity contribution >= 4 is 0 Å². The summed E-state index contributed by atoms with van der Waals surface area (Å²) in [5.74, 6) is 0. The van der Waals surface area contributed by atoms with Gasteiger partial charge in [0.2, 0.25) is 0 Å². The van der Waals surface area contributed by atoms with E-state index in [1.165, 1.54) is 0 Å². The van der Waals surface area contributed by atoms with Gasteiger partial charge in [0.25, 0.3) is 0 Å². The second-order valence-electron chi connectivity index (χ2n) is 0.697. The van der Waals surface area contributed by atoms with Crippen LogP contribution in [-0.4, -0.2) is 13.2 Å². The van der Waals surface area contributed by atoms with Crippen molar-refractivity contribution in [3.8, 4) is 0 Å². The van der Waals surface area contributed by atoms with Crippen LogP contribution in [0.25, 0.3) is 0 Å². The molecule has 0 heterocycles. The van der Waals surface area contributed by atoms with Gasteiger partial charge < -0.3 is 11.7 Å². The summed E-state index contributed by atoms with van der Waals surface area (Å²) in [5.41, 5.74) is 0. The zero-order chi connectivity index (χ0) is 4.12. The van der Waals surface area contributed by atoms with E-state index in [4.69, 9.17) is 4.74 Å². The fourth-order valence-corrected chi connectivity index (χ4v) is 0.144. The van der Waals surface area contributed by atoms with Crippen LogP contribution in [0.15, 0.2) is 0 Å². The normalized spacial score (nSPS) is 7.00. The Morgan fingerprint density at radius 3 is 2.17 bits per heavy atom. The van der Waals surface area contributed by atoms with E-state index in [2.05, 4.69) is 6.92 Å². The third-order valence-electron chi connectivity index (χ3n) is 0.348. The van der Waals surface area contributed by atoms with Gasteiger partial charge in [-0.15, -0.1) is 0 Å². The van der Waals surface area contributed by atoms with E-state index in [0.717, 1.165) is 6.61 Å². The smallest absolute Gasteiger partial charge is 0.414 e. The Balaban J connectivity index is 0. The minimum absolute atomic E-state index is 0. The maximum atomic E-state index is 4.72. The minimum Gasteiger partial charge on any atom is -0.414 e. The van der Waals surface area contributed by atoms with E-state index in [0.29, 0.717) is 6.61 Å². The van der Waals surface area contributed by atoms with Crippen molar-refractivity contribution in [3.05, 3.63) is 6.92 Å². The average Bonchev–Trinajstić information content (AvgIpc) is 1.41. The van der Waals surface area contributed by atoms with Crippen molar-refractivity contribution < 1.29 is 34.3 Å². The molecule has 0 saturated carbocycles. The van der Waals surface area contributed by atoms with Gasteiger partial charge in [-0.1, -0.05) is 6.61 Å². The number of ether oxygens (including phenoxy) is 1. The van der Waals surface area contributed by atoms with E-state index in [1.54, 1.807) is 0 Å². The fourth-order valence-electron chi connectivity index (χ4n) is 0.144. The summed E-state index contributed by atoms with van der Waals surface area (Å²) >= 11 is 0. The Bertz CT molecular complexity index is 15.0. The molecule has 0 fully saturated rings. The van der Waals surface area contributed by atoms with Crippen LogP contribution in [-0.2, 0) is 4.74 Å². The summed E-state index contributed by atoms with van der Waals surface area (Å²) in [6.07, 6.45) is 0. The summed E-state index contributed by atoms with van der Waals surface area (Å²) in [6, 6.07) is 0. The molecule has 0 radical (unpaired) electrons. The van der Waals surface area contributed by atoms with Crippen molar-refractivity contribution in [2.24, 2.45) is 0 Å². The molecule has 0 aromatic carbocycles. The third kappa shape index (κ3) is 8.88. The monoisotopic (exact) mass is 96.1 g/mol. The molecular formula is C4H9NaO. The molecule has 0 aliphatic carbocycles. The molecule has 0 aliphatic rings. The summed E-state index contributed by atoms with van der Waals surface area (Å²) in [4.78, 5) is 0. The Labute approximate surface area is 61.4 Å². The van der Waals surface area contributed by atoms with E-state index in [-0.39, 0.29) is 29.6 Å². The average molecular weight is 96.1 g/mol. The van der Waals surface area contributed by atoms with Crippen molar-refractivity contribution in [2.45, 2.75) is 6.92 Å². The number of rotatable bonds is 2. The first kappa shape index (κ1) is 10.0. The molecule has 6 heavy (non-hydrogen) atoms. The topological polar surface area (TPSA) is 9.23 Å². The van der Waals surface area contributed by atoms with Crippen LogP contribution in [0.1, 0.15) is 6.92 Å². The van der Waals surface area contributed by atoms with Crippen molar-refractivity contribution in [2.75, 3.05) is 13.2 Å². The third-order valence-corrected chi connectivity index (χ3v) is 0.348. The van der Waals surface area contributed by atoms with Gasteiger partial charge in [0, 0.05) is 6.61 Å². The Kier molecular flexibility index (Phi) is 15.7. The van der Waals surface area contributed by atoms with Gasteiger partial charge in [-0.25, -0.2) is 0 Å². The molecule has 0 rings (SSSR count). The zero-order valence-electron chi connectivity index (χ0n) is 4.53. The second kappa shape index (κ2) is 9.35. The number of hydrogen-bond donors (Lipinski definition) is 0. The number of hydrogen-bond acceptors (Lipinski definition) is 1. The molecule has 32 valence electrons. The molecule has 0 bridgehead atoms. The molecule has 1 nitrogen and oxygen atoms in total. The maximum absolute atomic E-state index is 4.72. The molecule has 0 aromatic heterocycles. The predicted molar refractivity (Wildman–Crippen MR) is 21.8 cm³/mol. The SMILES string of the molecule is [CH2-]COCC.[Na+]. The summed E-state index contributed by atoms with van der Waals surface area (Å²) in [6.45, 7) is 6.78. The van der Waals surface area contributed by atoms with Gasteiger partial charge in [-0.2, -0.15) is 0 Å². The van der Waals surface area contributed by atoms with Gasteiger partial charge in [0.15, 0.2) is 0 Å². The molecular weight excluding hydrogens is 87.0 g/mol. The fraction of sp³-hybridized carbons (Fsp3) is 0.750. The van der Waals surface area contributed by atoms with Gasteiger partial charge in [-0.3, -0.25) is 0 Å². The largest absolute Gasteiger partial charge is 1.00 e. The van der Waals surface area contributed by atoms with Crippen LogP contribution in [0, 0.1) is 6.92 Å². The summed E-state index contributed by atoms with van der Waals surface area (Å²) < 4.78 is 4.72. The van der Waals surface area contributed by atoms with Gasteiger partial charge in [0.1, 0.15) is 0 Å². The second-order valence-corrected chi connectivity index (χ2v) is 0.697. The van der Waals surface area contributed by atoms with Crippen LogP contribution in [0.3, 0.4) is 0 Å². The van der Waals surface area contributed by atoms with Crippen LogP contribution in [0.4, 0.5) is 0 Å². The van der Waals surface area contributed by atoms with Crippen LogP contribution in [0.5, 0.6) is 0 Å². The maximum Gasteiger partial charge on any atom is 1.00 e. The molecule has 0 unspecified atom stereocenters. The minimum atomic E-state index is 0. The molecule has 0 spiro atoms. The molecule has 0 atom stereocenters. The molecule has 0 N–H and O–H groups in total. The molecule has 0 saturated heterocycles. The van der Waals surface area contributed by atoms with Crippen LogP contribution >= 0.6 is 0 Å². The molecule has 0 aromatic rings. The first-order valence-electron chi connectivity index (χ1n) is 1.78. The van der Waals surface area contributed by atoms with Crippen molar-refractivity contribution in [1.29, 1.82) is 0 Å². The van der Waals surface area contributed by atoms with Crippen LogP contribution < -0.4 is 29.6 Å². The van der Waals surface area contributed by atoms with Crippen molar-refractivity contribution in [3.63, 3.8) is 0 Å². The van der Waals surface area contributed by atoms with Gasteiger partial charge >= 0.3 is 29.6 Å². The van der Waals surface area contributed by atoms with E-state index in [9.17, 15) is 0 Å². The zero-order valence-corrected chi connectivity index (χ0v) is 6.53. The van der Waals surface area contributed by atoms with Gasteiger partial charge in [0.05, 0.1) is 0 Å². The van der Waals surface area contributed by atoms with E-state index in [1.807, 2.05) is 6.92 Å². The molecule has 0 aliphatic heterocycles. The van der Waals surface area contributed by atoms with Crippen molar-refractivity contribution in [1.82, 2.24) is 0 Å². The molecule has 2 heteroatoms. The summed E-state index contributed by atoms with van der Waals surface area (Å²) in [7, 11) is 0. The van der Waals surface area contributed by atoms with Gasteiger partial charge in [-0.05, 0) is 6.92 Å². The standard InChI is InChI=1S/C4H9O.Na/c1-3-5-4-2;/h1,3-4H2,2H3;/q-1;+1. The van der Waals surface area contributed by atoms with Crippen LogP contribution in [0.2, 0.25) is 0 Å². The first-order chi connectivity index (χ1) is 2.41. The Morgan fingerprint density at radius 2 is 2.17 bits per heavy atom. The molecule has 0 amide bonds. The Hall–Kier alpha value is 0.960. The predicted octanol–water partition coefficient (Wildman–Crippen LogP) is -2.14. The quantitative estimate of drug-likeness (QED) is 0.281. The Morgan fingerprint density at radius 1 is 1.67 bits per heavy atom. The van der Waals surface area contributed by atoms with E-state index >= 15 is 0 Å².